The number of carboxylic acid groups (broad SMARTS) is 1. The average molecular weight is 287 g/mol. The fourth-order valence-electron chi connectivity index (χ4n) is 1.41. The zero-order chi connectivity index (χ0) is 14.8. The van der Waals surface area contributed by atoms with Crippen LogP contribution in [0.3, 0.4) is 0 Å². The van der Waals surface area contributed by atoms with Crippen LogP contribution in [0.1, 0.15) is 10.4 Å². The molecule has 0 spiro atoms. The summed E-state index contributed by atoms with van der Waals surface area (Å²) >= 11 is 0. The number of hydrogen-bond donors (Lipinski definition) is 3. The number of nitrogens with zero attached hydrogens (tertiary/aromatic N) is 1. The van der Waals surface area contributed by atoms with Crippen molar-refractivity contribution in [3.05, 3.63) is 23.8 Å². The molecule has 0 aliphatic heterocycles. The Morgan fingerprint density at radius 3 is 2.42 bits per heavy atom. The number of sulfonamides is 1. The van der Waals surface area contributed by atoms with E-state index < -0.39 is 38.9 Å². The topological polar surface area (TPSA) is 144 Å². The Balaban J connectivity index is 3.36. The van der Waals surface area contributed by atoms with Gasteiger partial charge in [-0.15, -0.1) is 0 Å². The molecule has 19 heavy (non-hydrogen) atoms. The maximum atomic E-state index is 12.1. The smallest absolute Gasteiger partial charge is 0.337 e. The SMILES string of the molecule is CN(CC(N)=O)S(=O)(=O)c1ccc(N)cc1C(=O)O. The molecule has 0 atom stereocenters. The van der Waals surface area contributed by atoms with Crippen LogP contribution in [0.15, 0.2) is 23.1 Å². The molecule has 1 amide bonds. The number of nitrogens with two attached hydrogens (primary N) is 2. The summed E-state index contributed by atoms with van der Waals surface area (Å²) in [6.07, 6.45) is 0. The Morgan fingerprint density at radius 2 is 1.95 bits per heavy atom. The van der Waals surface area contributed by atoms with E-state index in [1.165, 1.54) is 6.07 Å². The summed E-state index contributed by atoms with van der Waals surface area (Å²) in [6, 6.07) is 3.37. The van der Waals surface area contributed by atoms with Crippen molar-refractivity contribution >= 4 is 27.6 Å². The number of hydrogen-bond acceptors (Lipinski definition) is 5. The zero-order valence-electron chi connectivity index (χ0n) is 10.0. The number of likely N-dealkylation sites (N-methyl/N-ethyl adjacent to an activating group) is 1. The number of carbonyl (C=O) groups excluding carboxylic acids is 1. The van der Waals surface area contributed by atoms with Gasteiger partial charge >= 0.3 is 5.97 Å². The molecule has 0 heterocycles. The molecule has 0 bridgehead atoms. The maximum Gasteiger partial charge on any atom is 0.337 e. The zero-order valence-corrected chi connectivity index (χ0v) is 10.8. The lowest BCUT2D eigenvalue weighted by atomic mass is 10.2. The van der Waals surface area contributed by atoms with Gasteiger partial charge in [0.25, 0.3) is 0 Å². The van der Waals surface area contributed by atoms with Crippen LogP contribution >= 0.6 is 0 Å². The van der Waals surface area contributed by atoms with Crippen LogP contribution in [-0.4, -0.2) is 43.3 Å². The van der Waals surface area contributed by atoms with Crippen molar-refractivity contribution in [1.82, 2.24) is 4.31 Å². The molecule has 0 aromatic heterocycles. The lowest BCUT2D eigenvalue weighted by molar-refractivity contribution is -0.118. The van der Waals surface area contributed by atoms with E-state index in [2.05, 4.69) is 0 Å². The fourth-order valence-corrected chi connectivity index (χ4v) is 2.71. The van der Waals surface area contributed by atoms with Crippen LogP contribution in [-0.2, 0) is 14.8 Å². The molecule has 9 heteroatoms. The average Bonchev–Trinajstić information content (AvgIpc) is 2.27. The number of amides is 1. The molecule has 0 saturated carbocycles. The van der Waals surface area contributed by atoms with Crippen LogP contribution < -0.4 is 11.5 Å². The summed E-state index contributed by atoms with van der Waals surface area (Å²) < 4.78 is 24.9. The van der Waals surface area contributed by atoms with Gasteiger partial charge < -0.3 is 16.6 Å². The van der Waals surface area contributed by atoms with E-state index >= 15 is 0 Å². The lowest BCUT2D eigenvalue weighted by Gasteiger charge is -2.17. The van der Waals surface area contributed by atoms with Crippen molar-refractivity contribution in [2.75, 3.05) is 19.3 Å². The number of carboxylic acids is 1. The number of rotatable bonds is 5. The van der Waals surface area contributed by atoms with E-state index in [4.69, 9.17) is 16.6 Å². The van der Waals surface area contributed by atoms with Crippen molar-refractivity contribution in [3.63, 3.8) is 0 Å². The highest BCUT2D eigenvalue weighted by Gasteiger charge is 2.27. The monoisotopic (exact) mass is 287 g/mol. The van der Waals surface area contributed by atoms with Crippen molar-refractivity contribution in [3.8, 4) is 0 Å². The minimum Gasteiger partial charge on any atom is -0.478 e. The van der Waals surface area contributed by atoms with Crippen LogP contribution in [0, 0.1) is 0 Å². The van der Waals surface area contributed by atoms with E-state index in [-0.39, 0.29) is 5.69 Å². The molecular weight excluding hydrogens is 274 g/mol. The van der Waals surface area contributed by atoms with Gasteiger partial charge in [-0.2, -0.15) is 4.31 Å². The summed E-state index contributed by atoms with van der Waals surface area (Å²) in [5.74, 6) is -2.28. The van der Waals surface area contributed by atoms with Gasteiger partial charge in [-0.05, 0) is 18.2 Å². The first kappa shape index (κ1) is 14.9. The third-order valence-electron chi connectivity index (χ3n) is 2.30. The second kappa shape index (κ2) is 5.24. The van der Waals surface area contributed by atoms with E-state index in [0.29, 0.717) is 4.31 Å². The molecule has 0 fully saturated rings. The minimum atomic E-state index is -4.13. The van der Waals surface area contributed by atoms with Crippen molar-refractivity contribution < 1.29 is 23.1 Å². The normalized spacial score (nSPS) is 11.5. The summed E-state index contributed by atoms with van der Waals surface area (Å²) in [6.45, 7) is -0.550. The van der Waals surface area contributed by atoms with Gasteiger partial charge in [0.05, 0.1) is 17.0 Å². The number of primary amides is 1. The highest BCUT2D eigenvalue weighted by molar-refractivity contribution is 7.89. The van der Waals surface area contributed by atoms with Crippen molar-refractivity contribution in [2.24, 2.45) is 5.73 Å². The van der Waals surface area contributed by atoms with Gasteiger partial charge in [-0.3, -0.25) is 4.79 Å². The largest absolute Gasteiger partial charge is 0.478 e. The molecule has 0 aliphatic rings. The van der Waals surface area contributed by atoms with Gasteiger partial charge in [-0.1, -0.05) is 0 Å². The van der Waals surface area contributed by atoms with Gasteiger partial charge in [0, 0.05) is 12.7 Å². The summed E-state index contributed by atoms with van der Waals surface area (Å²) in [7, 11) is -3.00. The third kappa shape index (κ3) is 3.20. The molecular formula is C10H13N3O5S. The Kier molecular flexibility index (Phi) is 4.12. The Hall–Kier alpha value is -2.13. The molecule has 1 aromatic carbocycles. The van der Waals surface area contributed by atoms with Gasteiger partial charge in [0.1, 0.15) is 0 Å². The van der Waals surface area contributed by atoms with Crippen molar-refractivity contribution in [1.29, 1.82) is 0 Å². The Labute approximate surface area is 109 Å². The number of anilines is 1. The minimum absolute atomic E-state index is 0.119. The summed E-state index contributed by atoms with van der Waals surface area (Å²) in [4.78, 5) is 21.3. The maximum absolute atomic E-state index is 12.1. The molecule has 0 radical (unpaired) electrons. The highest BCUT2D eigenvalue weighted by atomic mass is 32.2. The molecule has 104 valence electrons. The third-order valence-corrected chi connectivity index (χ3v) is 4.16. The number of carbonyl (C=O) groups is 2. The molecule has 0 saturated heterocycles. The van der Waals surface area contributed by atoms with Crippen LogP contribution in [0.25, 0.3) is 0 Å². The Morgan fingerprint density at radius 1 is 1.37 bits per heavy atom. The van der Waals surface area contributed by atoms with Crippen LogP contribution in [0.4, 0.5) is 5.69 Å². The van der Waals surface area contributed by atoms with Crippen LogP contribution in [0.5, 0.6) is 0 Å². The second-order valence-corrected chi connectivity index (χ2v) is 5.80. The molecule has 0 aliphatic carbocycles. The Bertz CT molecular complexity index is 626. The first-order valence-corrected chi connectivity index (χ1v) is 6.47. The highest BCUT2D eigenvalue weighted by Crippen LogP contribution is 2.21. The number of nitrogen functional groups attached to an aromatic ring is 1. The standard InChI is InChI=1S/C10H13N3O5S/c1-13(5-9(12)14)19(17,18)8-3-2-6(11)4-7(8)10(15)16/h2-4H,5,11H2,1H3,(H2,12,14)(H,15,16). The number of benzene rings is 1. The number of aromatic carboxylic acids is 1. The van der Waals surface area contributed by atoms with Gasteiger partial charge in [-0.25, -0.2) is 13.2 Å². The van der Waals surface area contributed by atoms with Gasteiger partial charge in [0.15, 0.2) is 0 Å². The van der Waals surface area contributed by atoms with Gasteiger partial charge in [0.2, 0.25) is 15.9 Å². The first-order valence-electron chi connectivity index (χ1n) is 5.03. The van der Waals surface area contributed by atoms with E-state index in [9.17, 15) is 18.0 Å². The van der Waals surface area contributed by atoms with E-state index in [1.54, 1.807) is 0 Å². The van der Waals surface area contributed by atoms with Crippen LogP contribution in [0.2, 0.25) is 0 Å². The predicted molar refractivity (Wildman–Crippen MR) is 66.8 cm³/mol. The molecule has 1 rings (SSSR count). The lowest BCUT2D eigenvalue weighted by Crippen LogP contribution is -2.36. The summed E-state index contributed by atoms with van der Waals surface area (Å²) in [5.41, 5.74) is 9.99. The molecule has 8 nitrogen and oxygen atoms in total. The van der Waals surface area contributed by atoms with E-state index in [0.717, 1.165) is 19.2 Å². The quantitative estimate of drug-likeness (QED) is 0.597. The molecule has 5 N–H and O–H groups in total. The molecule has 0 unspecified atom stereocenters. The fraction of sp³-hybridized carbons (Fsp3) is 0.200. The molecule has 1 aromatic rings. The van der Waals surface area contributed by atoms with Crippen molar-refractivity contribution in [2.45, 2.75) is 4.90 Å². The van der Waals surface area contributed by atoms with E-state index in [1.807, 2.05) is 0 Å². The summed E-state index contributed by atoms with van der Waals surface area (Å²) in [5, 5.41) is 8.99. The predicted octanol–water partition coefficient (Wildman–Crippen LogP) is -0.927. The second-order valence-electron chi connectivity index (χ2n) is 3.79. The first-order chi connectivity index (χ1) is 8.66.